The van der Waals surface area contributed by atoms with E-state index in [2.05, 4.69) is 27.8 Å². The number of carbonyl (C=O) groups excluding carboxylic acids is 2. The Hall–Kier alpha value is -1.61. The summed E-state index contributed by atoms with van der Waals surface area (Å²) in [5.41, 5.74) is 0. The number of hydrogen-bond donors (Lipinski definition) is 3. The number of imide groups is 1. The molecule has 0 spiro atoms. The minimum Gasteiger partial charge on any atom is -0.410 e. The van der Waals surface area contributed by atoms with Gasteiger partial charge in [0, 0.05) is 12.5 Å². The molecule has 0 radical (unpaired) electrons. The first-order valence-corrected chi connectivity index (χ1v) is 8.34. The molecule has 1 aliphatic rings. The molecular formula is C13H22N5O3S+. The molecule has 1 fully saturated rings. The molecule has 1 aromatic heterocycles. The smallest absolute Gasteiger partial charge is 0.321 e. The van der Waals surface area contributed by atoms with Gasteiger partial charge in [0.05, 0.1) is 19.8 Å². The first-order valence-electron chi connectivity index (χ1n) is 7.36. The largest absolute Gasteiger partial charge is 0.410 e. The SMILES string of the molecule is CC[C@H](c1nnc(SCC(=O)NC(=O)NC2CC2)o1)[NH+](C)C. The molecule has 122 valence electrons. The lowest BCUT2D eigenvalue weighted by atomic mass is 10.2. The Kier molecular flexibility index (Phi) is 5.78. The van der Waals surface area contributed by atoms with Crippen LogP contribution in [0.4, 0.5) is 4.79 Å². The molecule has 1 saturated carbocycles. The molecule has 0 aromatic carbocycles. The molecule has 3 N–H and O–H groups in total. The molecule has 0 saturated heterocycles. The van der Waals surface area contributed by atoms with Crippen LogP contribution in [0.5, 0.6) is 0 Å². The van der Waals surface area contributed by atoms with Crippen LogP contribution in [0.3, 0.4) is 0 Å². The van der Waals surface area contributed by atoms with E-state index in [4.69, 9.17) is 4.42 Å². The standard InChI is InChI=1S/C13H21N5O3S/c1-4-9(18(2)3)11-16-17-13(21-11)22-7-10(19)15-12(20)14-8-5-6-8/h8-9H,4-7H2,1-3H3,(H2,14,15,19,20)/p+1/t9-/m1/s1. The molecule has 22 heavy (non-hydrogen) atoms. The quantitative estimate of drug-likeness (QED) is 0.597. The third-order valence-electron chi connectivity index (χ3n) is 3.32. The second-order valence-electron chi connectivity index (χ2n) is 5.53. The van der Waals surface area contributed by atoms with Gasteiger partial charge in [-0.3, -0.25) is 10.1 Å². The van der Waals surface area contributed by atoms with Crippen LogP contribution in [0.25, 0.3) is 0 Å². The fourth-order valence-corrected chi connectivity index (χ4v) is 2.56. The van der Waals surface area contributed by atoms with Gasteiger partial charge in [0.15, 0.2) is 6.04 Å². The van der Waals surface area contributed by atoms with Gasteiger partial charge in [-0.25, -0.2) is 4.79 Å². The number of amides is 3. The van der Waals surface area contributed by atoms with Crippen molar-refractivity contribution in [3.05, 3.63) is 5.89 Å². The number of nitrogens with zero attached hydrogens (tertiary/aromatic N) is 2. The second-order valence-corrected chi connectivity index (χ2v) is 6.46. The zero-order chi connectivity index (χ0) is 16.1. The number of thioether (sulfide) groups is 1. The topological polar surface area (TPSA) is 102 Å². The number of urea groups is 1. The minimum absolute atomic E-state index is 0.0608. The maximum absolute atomic E-state index is 11.6. The van der Waals surface area contributed by atoms with Gasteiger partial charge in [0.25, 0.3) is 11.1 Å². The Balaban J connectivity index is 1.77. The zero-order valence-corrected chi connectivity index (χ0v) is 13.8. The van der Waals surface area contributed by atoms with Crippen LogP contribution in [0.15, 0.2) is 9.64 Å². The van der Waals surface area contributed by atoms with E-state index in [1.807, 2.05) is 14.1 Å². The highest BCUT2D eigenvalue weighted by molar-refractivity contribution is 7.99. The maximum Gasteiger partial charge on any atom is 0.321 e. The van der Waals surface area contributed by atoms with Gasteiger partial charge in [-0.05, 0) is 12.8 Å². The summed E-state index contributed by atoms with van der Waals surface area (Å²) < 4.78 is 5.57. The molecular weight excluding hydrogens is 306 g/mol. The normalized spacial score (nSPS) is 15.6. The summed E-state index contributed by atoms with van der Waals surface area (Å²) in [6, 6.07) is -0.0833. The molecule has 1 heterocycles. The molecule has 8 nitrogen and oxygen atoms in total. The van der Waals surface area contributed by atoms with Crippen molar-refractivity contribution in [2.75, 3.05) is 19.8 Å². The molecule has 2 rings (SSSR count). The lowest BCUT2D eigenvalue weighted by Crippen LogP contribution is -3.06. The molecule has 0 aliphatic heterocycles. The zero-order valence-electron chi connectivity index (χ0n) is 13.0. The average Bonchev–Trinajstić information content (AvgIpc) is 3.13. The minimum atomic E-state index is -0.443. The third-order valence-corrected chi connectivity index (χ3v) is 4.14. The third kappa shape index (κ3) is 4.99. The van der Waals surface area contributed by atoms with Crippen LogP contribution in [0, 0.1) is 0 Å². The summed E-state index contributed by atoms with van der Waals surface area (Å²) in [6.45, 7) is 2.06. The molecule has 0 unspecified atom stereocenters. The molecule has 1 aliphatic carbocycles. The highest BCUT2D eigenvalue weighted by atomic mass is 32.2. The van der Waals surface area contributed by atoms with E-state index < -0.39 is 6.03 Å². The van der Waals surface area contributed by atoms with Gasteiger partial charge in [-0.15, -0.1) is 10.2 Å². The average molecular weight is 328 g/mol. The maximum atomic E-state index is 11.6. The van der Waals surface area contributed by atoms with Crippen LogP contribution in [0.2, 0.25) is 0 Å². The predicted octanol–water partition coefficient (Wildman–Crippen LogP) is -0.254. The summed E-state index contributed by atoms with van der Waals surface area (Å²) in [5.74, 6) is 0.246. The van der Waals surface area contributed by atoms with Crippen LogP contribution in [0.1, 0.15) is 38.1 Å². The number of nitrogens with one attached hydrogen (secondary N) is 3. The van der Waals surface area contributed by atoms with Crippen LogP contribution < -0.4 is 15.5 Å². The van der Waals surface area contributed by atoms with Gasteiger partial charge in [0.2, 0.25) is 5.91 Å². The predicted molar refractivity (Wildman–Crippen MR) is 80.6 cm³/mol. The highest BCUT2D eigenvalue weighted by Gasteiger charge is 2.25. The Morgan fingerprint density at radius 3 is 2.73 bits per heavy atom. The highest BCUT2D eigenvalue weighted by Crippen LogP contribution is 2.20. The Morgan fingerprint density at radius 2 is 2.14 bits per heavy atom. The van der Waals surface area contributed by atoms with Crippen molar-refractivity contribution in [3.8, 4) is 0 Å². The van der Waals surface area contributed by atoms with Crippen LogP contribution in [-0.4, -0.2) is 48.0 Å². The summed E-state index contributed by atoms with van der Waals surface area (Å²) in [7, 11) is 4.05. The Morgan fingerprint density at radius 1 is 1.41 bits per heavy atom. The number of carbonyl (C=O) groups is 2. The van der Waals surface area contributed by atoms with Crippen molar-refractivity contribution in [2.24, 2.45) is 0 Å². The first kappa shape index (κ1) is 16.8. The molecule has 1 aromatic rings. The first-order chi connectivity index (χ1) is 10.5. The summed E-state index contributed by atoms with van der Waals surface area (Å²) in [4.78, 5) is 24.3. The van der Waals surface area contributed by atoms with Crippen molar-refractivity contribution in [3.63, 3.8) is 0 Å². The number of rotatable bonds is 7. The fraction of sp³-hybridized carbons (Fsp3) is 0.692. The van der Waals surface area contributed by atoms with Crippen molar-refractivity contribution >= 4 is 23.7 Å². The lowest BCUT2D eigenvalue weighted by molar-refractivity contribution is -0.894. The van der Waals surface area contributed by atoms with Gasteiger partial charge >= 0.3 is 6.03 Å². The van der Waals surface area contributed by atoms with Gasteiger partial charge in [0.1, 0.15) is 0 Å². The van der Waals surface area contributed by atoms with E-state index in [9.17, 15) is 9.59 Å². The van der Waals surface area contributed by atoms with Crippen LogP contribution >= 0.6 is 11.8 Å². The van der Waals surface area contributed by atoms with Gasteiger partial charge < -0.3 is 14.6 Å². The Labute approximate surface area is 133 Å². The van der Waals surface area contributed by atoms with Crippen LogP contribution in [-0.2, 0) is 4.79 Å². The van der Waals surface area contributed by atoms with E-state index in [-0.39, 0.29) is 23.7 Å². The van der Waals surface area contributed by atoms with Crippen molar-refractivity contribution in [1.82, 2.24) is 20.8 Å². The summed E-state index contributed by atoms with van der Waals surface area (Å²) in [6.07, 6.45) is 2.84. The fourth-order valence-electron chi connectivity index (χ4n) is 1.99. The lowest BCUT2D eigenvalue weighted by Gasteiger charge is -2.15. The van der Waals surface area contributed by atoms with Crippen molar-refractivity contribution in [1.29, 1.82) is 0 Å². The monoisotopic (exact) mass is 328 g/mol. The molecule has 0 bridgehead atoms. The Bertz CT molecular complexity index is 530. The number of quaternary nitrogens is 1. The summed E-state index contributed by atoms with van der Waals surface area (Å²) >= 11 is 1.12. The molecule has 1 atom stereocenters. The van der Waals surface area contributed by atoms with E-state index >= 15 is 0 Å². The second kappa shape index (κ2) is 7.59. The van der Waals surface area contributed by atoms with Crippen molar-refractivity contribution in [2.45, 2.75) is 43.5 Å². The number of aromatic nitrogens is 2. The van der Waals surface area contributed by atoms with Gasteiger partial charge in [-0.1, -0.05) is 18.7 Å². The van der Waals surface area contributed by atoms with E-state index in [1.54, 1.807) is 0 Å². The van der Waals surface area contributed by atoms with E-state index in [1.165, 1.54) is 4.90 Å². The van der Waals surface area contributed by atoms with Crippen molar-refractivity contribution < 1.29 is 18.9 Å². The molecule has 3 amide bonds. The molecule has 9 heteroatoms. The van der Waals surface area contributed by atoms with E-state index in [0.29, 0.717) is 11.1 Å². The van der Waals surface area contributed by atoms with Gasteiger partial charge in [-0.2, -0.15) is 0 Å². The summed E-state index contributed by atoms with van der Waals surface area (Å²) in [5, 5.41) is 13.3. The number of hydrogen-bond acceptors (Lipinski definition) is 6. The van der Waals surface area contributed by atoms with E-state index in [0.717, 1.165) is 31.0 Å².